The van der Waals surface area contributed by atoms with Gasteiger partial charge in [-0.3, -0.25) is 0 Å². The third-order valence-electron chi connectivity index (χ3n) is 2.97. The van der Waals surface area contributed by atoms with Gasteiger partial charge in [-0.25, -0.2) is 4.99 Å². The van der Waals surface area contributed by atoms with E-state index in [4.69, 9.17) is 9.47 Å². The van der Waals surface area contributed by atoms with Crippen LogP contribution >= 0.6 is 24.0 Å². The van der Waals surface area contributed by atoms with E-state index in [-0.39, 0.29) is 24.0 Å². The summed E-state index contributed by atoms with van der Waals surface area (Å²) in [6, 6.07) is 5.92. The average Bonchev–Trinajstić information content (AvgIpc) is 2.51. The lowest BCUT2D eigenvalue weighted by Crippen LogP contribution is -2.39. The molecule has 0 aliphatic carbocycles. The van der Waals surface area contributed by atoms with Crippen LogP contribution in [-0.4, -0.2) is 32.8 Å². The van der Waals surface area contributed by atoms with Crippen LogP contribution in [0.3, 0.4) is 0 Å². The van der Waals surface area contributed by atoms with E-state index in [1.807, 2.05) is 25.1 Å². The Morgan fingerprint density at radius 1 is 1.17 bits per heavy atom. The zero-order valence-corrected chi connectivity index (χ0v) is 17.1. The van der Waals surface area contributed by atoms with Crippen molar-refractivity contribution < 1.29 is 9.47 Å². The van der Waals surface area contributed by atoms with Gasteiger partial charge in [0, 0.05) is 13.1 Å². The molecule has 0 bridgehead atoms. The number of guanidine groups is 1. The molecule has 0 unspecified atom stereocenters. The first kappa shape index (κ1) is 21.8. The Balaban J connectivity index is 0.00000484. The van der Waals surface area contributed by atoms with Crippen LogP contribution in [0.2, 0.25) is 0 Å². The molecule has 0 fully saturated rings. The molecule has 1 aromatic carbocycles. The summed E-state index contributed by atoms with van der Waals surface area (Å²) in [5.41, 5.74) is 1.09. The maximum absolute atomic E-state index is 5.53. The number of nitrogens with one attached hydrogen (secondary N) is 2. The molecule has 0 saturated heterocycles. The van der Waals surface area contributed by atoms with Crippen molar-refractivity contribution in [2.75, 3.05) is 26.8 Å². The number of nitrogens with zero attached hydrogens (tertiary/aromatic N) is 1. The van der Waals surface area contributed by atoms with Crippen molar-refractivity contribution in [3.05, 3.63) is 23.8 Å². The molecule has 1 rings (SSSR count). The van der Waals surface area contributed by atoms with Gasteiger partial charge in [-0.2, -0.15) is 0 Å². The maximum atomic E-state index is 5.53. The Morgan fingerprint density at radius 2 is 1.91 bits per heavy atom. The van der Waals surface area contributed by atoms with Gasteiger partial charge in [0.05, 0.1) is 20.3 Å². The highest BCUT2D eigenvalue weighted by molar-refractivity contribution is 14.0. The minimum Gasteiger partial charge on any atom is -0.493 e. The largest absolute Gasteiger partial charge is 0.493 e. The molecule has 0 aliphatic rings. The predicted molar refractivity (Wildman–Crippen MR) is 107 cm³/mol. The smallest absolute Gasteiger partial charge is 0.191 e. The van der Waals surface area contributed by atoms with Crippen LogP contribution in [0.4, 0.5) is 0 Å². The van der Waals surface area contributed by atoms with E-state index in [0.717, 1.165) is 36.1 Å². The van der Waals surface area contributed by atoms with Crippen molar-refractivity contribution >= 4 is 29.9 Å². The summed E-state index contributed by atoms with van der Waals surface area (Å²) in [6.45, 7) is 11.3. The second kappa shape index (κ2) is 12.3. The Labute approximate surface area is 157 Å². The molecule has 0 spiro atoms. The normalized spacial score (nSPS) is 11.0. The Kier molecular flexibility index (Phi) is 11.6. The van der Waals surface area contributed by atoms with Gasteiger partial charge < -0.3 is 20.1 Å². The first-order valence-corrected chi connectivity index (χ1v) is 7.92. The zero-order chi connectivity index (χ0) is 16.4. The molecule has 0 radical (unpaired) electrons. The van der Waals surface area contributed by atoms with E-state index >= 15 is 0 Å². The van der Waals surface area contributed by atoms with Gasteiger partial charge in [-0.15, -0.1) is 24.0 Å². The van der Waals surface area contributed by atoms with Crippen molar-refractivity contribution in [3.63, 3.8) is 0 Å². The lowest BCUT2D eigenvalue weighted by Gasteiger charge is -2.13. The van der Waals surface area contributed by atoms with E-state index < -0.39 is 0 Å². The number of ether oxygens (including phenoxy) is 2. The molecule has 0 heterocycles. The molecule has 2 N–H and O–H groups in total. The first-order chi connectivity index (χ1) is 10.6. The van der Waals surface area contributed by atoms with E-state index in [0.29, 0.717) is 19.1 Å². The molecule has 1 aromatic rings. The van der Waals surface area contributed by atoms with Crippen LogP contribution in [0.15, 0.2) is 23.2 Å². The molecule has 132 valence electrons. The molecule has 0 aliphatic heterocycles. The van der Waals surface area contributed by atoms with E-state index in [2.05, 4.69) is 36.4 Å². The van der Waals surface area contributed by atoms with Gasteiger partial charge in [0.25, 0.3) is 0 Å². The first-order valence-electron chi connectivity index (χ1n) is 7.92. The fraction of sp³-hybridized carbons (Fsp3) is 0.588. The average molecular weight is 435 g/mol. The predicted octanol–water partition coefficient (Wildman–Crippen LogP) is 3.42. The number of aliphatic imine (C=N–C) groups is 1. The van der Waals surface area contributed by atoms with Crippen molar-refractivity contribution in [1.29, 1.82) is 0 Å². The van der Waals surface area contributed by atoms with Crippen molar-refractivity contribution in [3.8, 4) is 11.5 Å². The number of halogens is 1. The molecule has 0 saturated carbocycles. The van der Waals surface area contributed by atoms with Gasteiger partial charge in [-0.1, -0.05) is 19.9 Å². The van der Waals surface area contributed by atoms with Gasteiger partial charge in [0.15, 0.2) is 17.5 Å². The van der Waals surface area contributed by atoms with Gasteiger partial charge in [0.2, 0.25) is 0 Å². The molecular formula is C17H30IN3O2. The fourth-order valence-electron chi connectivity index (χ4n) is 1.90. The summed E-state index contributed by atoms with van der Waals surface area (Å²) in [7, 11) is 1.65. The molecular weight excluding hydrogens is 405 g/mol. The highest BCUT2D eigenvalue weighted by Gasteiger charge is 2.05. The lowest BCUT2D eigenvalue weighted by molar-refractivity contribution is 0.310. The van der Waals surface area contributed by atoms with Gasteiger partial charge in [-0.05, 0) is 37.5 Å². The van der Waals surface area contributed by atoms with Crippen LogP contribution in [0.5, 0.6) is 11.5 Å². The van der Waals surface area contributed by atoms with E-state index in [1.165, 1.54) is 0 Å². The van der Waals surface area contributed by atoms with Crippen molar-refractivity contribution in [1.82, 2.24) is 10.6 Å². The summed E-state index contributed by atoms with van der Waals surface area (Å²) < 4.78 is 10.9. The molecule has 0 aromatic heterocycles. The van der Waals surface area contributed by atoms with E-state index in [1.54, 1.807) is 7.11 Å². The third kappa shape index (κ3) is 8.29. The van der Waals surface area contributed by atoms with Gasteiger partial charge in [0.1, 0.15) is 0 Å². The van der Waals surface area contributed by atoms with Gasteiger partial charge >= 0.3 is 0 Å². The Bertz CT molecular complexity index is 479. The van der Waals surface area contributed by atoms with Crippen LogP contribution in [0, 0.1) is 5.92 Å². The molecule has 5 nitrogen and oxygen atoms in total. The summed E-state index contributed by atoms with van der Waals surface area (Å²) in [4.78, 5) is 4.60. The quantitative estimate of drug-likeness (QED) is 0.373. The standard InChI is InChI=1S/C17H29N3O2.HI/c1-6-18-17(19-11-13(3)4)20-12-14-8-9-15(22-7-2)16(10-14)21-5;/h8-10,13H,6-7,11-12H2,1-5H3,(H2,18,19,20);1H. The fourth-order valence-corrected chi connectivity index (χ4v) is 1.90. The highest BCUT2D eigenvalue weighted by Crippen LogP contribution is 2.28. The second-order valence-corrected chi connectivity index (χ2v) is 5.39. The molecule has 0 atom stereocenters. The van der Waals surface area contributed by atoms with Crippen LogP contribution in [-0.2, 0) is 6.54 Å². The SMILES string of the molecule is CCNC(=NCc1ccc(OCC)c(OC)c1)NCC(C)C.I. The highest BCUT2D eigenvalue weighted by atomic mass is 127. The number of rotatable bonds is 8. The summed E-state index contributed by atoms with van der Waals surface area (Å²) in [6.07, 6.45) is 0. The van der Waals surface area contributed by atoms with Crippen LogP contribution < -0.4 is 20.1 Å². The summed E-state index contributed by atoms with van der Waals surface area (Å²) in [5.74, 6) is 2.93. The van der Waals surface area contributed by atoms with Crippen LogP contribution in [0.25, 0.3) is 0 Å². The van der Waals surface area contributed by atoms with E-state index in [9.17, 15) is 0 Å². The Morgan fingerprint density at radius 3 is 2.48 bits per heavy atom. The number of benzene rings is 1. The zero-order valence-electron chi connectivity index (χ0n) is 14.8. The third-order valence-corrected chi connectivity index (χ3v) is 2.97. The monoisotopic (exact) mass is 435 g/mol. The summed E-state index contributed by atoms with van der Waals surface area (Å²) >= 11 is 0. The Hall–Kier alpha value is -1.18. The number of methoxy groups -OCH3 is 1. The van der Waals surface area contributed by atoms with Crippen molar-refractivity contribution in [2.24, 2.45) is 10.9 Å². The van der Waals surface area contributed by atoms with Crippen LogP contribution in [0.1, 0.15) is 33.3 Å². The molecule has 23 heavy (non-hydrogen) atoms. The summed E-state index contributed by atoms with van der Waals surface area (Å²) in [5, 5.41) is 6.59. The number of hydrogen-bond donors (Lipinski definition) is 2. The lowest BCUT2D eigenvalue weighted by atomic mass is 10.2. The maximum Gasteiger partial charge on any atom is 0.191 e. The topological polar surface area (TPSA) is 54.9 Å². The minimum atomic E-state index is 0. The minimum absolute atomic E-state index is 0. The van der Waals surface area contributed by atoms with Crippen molar-refractivity contribution in [2.45, 2.75) is 34.2 Å². The molecule has 0 amide bonds. The second-order valence-electron chi connectivity index (χ2n) is 5.39. The number of hydrogen-bond acceptors (Lipinski definition) is 3. The molecule has 6 heteroatoms.